The lowest BCUT2D eigenvalue weighted by Gasteiger charge is -2.08. The van der Waals surface area contributed by atoms with E-state index in [2.05, 4.69) is 29.5 Å². The van der Waals surface area contributed by atoms with Gasteiger partial charge in [0.15, 0.2) is 0 Å². The van der Waals surface area contributed by atoms with Crippen molar-refractivity contribution in [1.29, 1.82) is 0 Å². The summed E-state index contributed by atoms with van der Waals surface area (Å²) in [6, 6.07) is 6.24. The molecular formula is C15H20N2O2S. The lowest BCUT2D eigenvalue weighted by Crippen LogP contribution is -2.21. The Kier molecular flexibility index (Phi) is 4.98. The summed E-state index contributed by atoms with van der Waals surface area (Å²) >= 11 is 1.63. The van der Waals surface area contributed by atoms with Gasteiger partial charge < -0.3 is 14.8 Å². The van der Waals surface area contributed by atoms with Crippen molar-refractivity contribution in [2.24, 2.45) is 0 Å². The van der Waals surface area contributed by atoms with Gasteiger partial charge >= 0.3 is 0 Å². The van der Waals surface area contributed by atoms with Crippen LogP contribution in [0.4, 0.5) is 0 Å². The van der Waals surface area contributed by atoms with E-state index in [-0.39, 0.29) is 0 Å². The molecule has 1 aromatic heterocycles. The number of thiazole rings is 1. The van der Waals surface area contributed by atoms with E-state index in [0.29, 0.717) is 6.04 Å². The Balaban J connectivity index is 2.23. The van der Waals surface area contributed by atoms with Crippen molar-refractivity contribution >= 4 is 11.3 Å². The number of hydrogen-bond donors (Lipinski definition) is 1. The molecule has 1 aromatic carbocycles. The van der Waals surface area contributed by atoms with Gasteiger partial charge in [0, 0.05) is 24.0 Å². The topological polar surface area (TPSA) is 43.4 Å². The zero-order valence-corrected chi connectivity index (χ0v) is 13.1. The normalized spacial score (nSPS) is 10.8. The third-order valence-corrected chi connectivity index (χ3v) is 3.81. The average Bonchev–Trinajstić information content (AvgIpc) is 2.93. The fourth-order valence-electron chi connectivity index (χ4n) is 1.80. The quantitative estimate of drug-likeness (QED) is 0.887. The first kappa shape index (κ1) is 14.8. The van der Waals surface area contributed by atoms with Crippen molar-refractivity contribution in [3.63, 3.8) is 0 Å². The minimum absolute atomic E-state index is 0.454. The van der Waals surface area contributed by atoms with Crippen LogP contribution in [0.15, 0.2) is 23.6 Å². The molecule has 0 saturated heterocycles. The number of nitrogens with zero attached hydrogens (tertiary/aromatic N) is 1. The zero-order chi connectivity index (χ0) is 14.5. The third-order valence-electron chi connectivity index (χ3n) is 2.88. The highest BCUT2D eigenvalue weighted by molar-refractivity contribution is 7.13. The molecule has 1 heterocycles. The van der Waals surface area contributed by atoms with Gasteiger partial charge in [-0.05, 0) is 12.1 Å². The summed E-state index contributed by atoms with van der Waals surface area (Å²) in [7, 11) is 3.31. The maximum Gasteiger partial charge on any atom is 0.132 e. The van der Waals surface area contributed by atoms with Crippen LogP contribution < -0.4 is 14.8 Å². The van der Waals surface area contributed by atoms with Crippen molar-refractivity contribution in [2.75, 3.05) is 14.2 Å². The molecule has 0 aliphatic rings. The molecule has 108 valence electrons. The van der Waals surface area contributed by atoms with Gasteiger partial charge in [-0.25, -0.2) is 4.98 Å². The Bertz CT molecular complexity index is 567. The van der Waals surface area contributed by atoms with Crippen molar-refractivity contribution in [3.05, 3.63) is 29.3 Å². The SMILES string of the molecule is COc1ccc(-c2nc(CNC(C)C)cs2)c(OC)c1. The van der Waals surface area contributed by atoms with Crippen LogP contribution in [-0.2, 0) is 6.54 Å². The van der Waals surface area contributed by atoms with Crippen LogP contribution in [0.2, 0.25) is 0 Å². The fraction of sp³-hybridized carbons (Fsp3) is 0.400. The monoisotopic (exact) mass is 292 g/mol. The van der Waals surface area contributed by atoms with Crippen LogP contribution >= 0.6 is 11.3 Å². The second-order valence-electron chi connectivity index (χ2n) is 4.75. The molecule has 2 aromatic rings. The highest BCUT2D eigenvalue weighted by atomic mass is 32.1. The van der Waals surface area contributed by atoms with Crippen LogP contribution in [0.3, 0.4) is 0 Å². The summed E-state index contributed by atoms with van der Waals surface area (Å²) in [5.74, 6) is 1.56. The predicted molar refractivity (Wildman–Crippen MR) is 82.6 cm³/mol. The maximum atomic E-state index is 5.42. The van der Waals surface area contributed by atoms with Gasteiger partial charge in [0.25, 0.3) is 0 Å². The van der Waals surface area contributed by atoms with Crippen molar-refractivity contribution in [1.82, 2.24) is 10.3 Å². The van der Waals surface area contributed by atoms with Crippen molar-refractivity contribution < 1.29 is 9.47 Å². The molecule has 2 rings (SSSR count). The van der Waals surface area contributed by atoms with Gasteiger partial charge in [0.2, 0.25) is 0 Å². The number of aromatic nitrogens is 1. The number of hydrogen-bond acceptors (Lipinski definition) is 5. The third kappa shape index (κ3) is 3.49. The number of rotatable bonds is 6. The summed E-state index contributed by atoms with van der Waals surface area (Å²) in [6.45, 7) is 5.03. The van der Waals surface area contributed by atoms with Gasteiger partial charge in [-0.3, -0.25) is 0 Å². The Hall–Kier alpha value is -1.59. The largest absolute Gasteiger partial charge is 0.497 e. The van der Waals surface area contributed by atoms with E-state index in [1.54, 1.807) is 25.6 Å². The second kappa shape index (κ2) is 6.72. The van der Waals surface area contributed by atoms with Gasteiger partial charge in [-0.2, -0.15) is 0 Å². The molecule has 0 fully saturated rings. The van der Waals surface area contributed by atoms with Crippen LogP contribution in [0.5, 0.6) is 11.5 Å². The molecule has 0 spiro atoms. The molecule has 0 atom stereocenters. The first-order valence-corrected chi connectivity index (χ1v) is 7.42. The van der Waals surface area contributed by atoms with Gasteiger partial charge in [-0.1, -0.05) is 13.8 Å². The Morgan fingerprint density at radius 1 is 1.25 bits per heavy atom. The number of ether oxygens (including phenoxy) is 2. The summed E-state index contributed by atoms with van der Waals surface area (Å²) in [6.07, 6.45) is 0. The summed E-state index contributed by atoms with van der Waals surface area (Å²) in [4.78, 5) is 4.65. The van der Waals surface area contributed by atoms with Crippen LogP contribution in [0.25, 0.3) is 10.6 Å². The average molecular weight is 292 g/mol. The molecule has 0 radical (unpaired) electrons. The Labute approximate surface area is 123 Å². The first-order valence-electron chi connectivity index (χ1n) is 6.54. The zero-order valence-electron chi connectivity index (χ0n) is 12.3. The standard InChI is InChI=1S/C15H20N2O2S/c1-10(2)16-8-11-9-20-15(17-11)13-6-5-12(18-3)7-14(13)19-4/h5-7,9-10,16H,8H2,1-4H3. The minimum atomic E-state index is 0.454. The van der Waals surface area contributed by atoms with E-state index in [1.165, 1.54) is 0 Å². The molecule has 0 amide bonds. The molecule has 20 heavy (non-hydrogen) atoms. The lowest BCUT2D eigenvalue weighted by atomic mass is 10.2. The highest BCUT2D eigenvalue weighted by Crippen LogP contribution is 2.34. The number of nitrogens with one attached hydrogen (secondary N) is 1. The second-order valence-corrected chi connectivity index (χ2v) is 5.60. The van der Waals surface area contributed by atoms with E-state index < -0.39 is 0 Å². The summed E-state index contributed by atoms with van der Waals surface area (Å²) < 4.78 is 10.6. The first-order chi connectivity index (χ1) is 9.63. The van der Waals surface area contributed by atoms with Crippen LogP contribution in [0.1, 0.15) is 19.5 Å². The lowest BCUT2D eigenvalue weighted by molar-refractivity contribution is 0.395. The van der Waals surface area contributed by atoms with E-state index >= 15 is 0 Å². The van der Waals surface area contributed by atoms with E-state index in [0.717, 1.165) is 34.3 Å². The summed E-state index contributed by atoms with van der Waals surface area (Å²) in [5, 5.41) is 6.41. The molecule has 0 aliphatic carbocycles. The molecule has 0 aliphatic heterocycles. The Morgan fingerprint density at radius 3 is 2.70 bits per heavy atom. The van der Waals surface area contributed by atoms with E-state index in [1.807, 2.05) is 18.2 Å². The highest BCUT2D eigenvalue weighted by Gasteiger charge is 2.11. The van der Waals surface area contributed by atoms with E-state index in [4.69, 9.17) is 9.47 Å². The molecule has 0 saturated carbocycles. The van der Waals surface area contributed by atoms with E-state index in [9.17, 15) is 0 Å². The smallest absolute Gasteiger partial charge is 0.132 e. The van der Waals surface area contributed by atoms with Crippen molar-refractivity contribution in [2.45, 2.75) is 26.4 Å². The minimum Gasteiger partial charge on any atom is -0.497 e. The molecule has 5 heteroatoms. The number of benzene rings is 1. The molecule has 0 bridgehead atoms. The predicted octanol–water partition coefficient (Wildman–Crippen LogP) is 3.33. The molecule has 1 N–H and O–H groups in total. The summed E-state index contributed by atoms with van der Waals surface area (Å²) in [5.41, 5.74) is 2.05. The fourth-order valence-corrected chi connectivity index (χ4v) is 2.65. The molecular weight excluding hydrogens is 272 g/mol. The van der Waals surface area contributed by atoms with Crippen molar-refractivity contribution in [3.8, 4) is 22.1 Å². The van der Waals surface area contributed by atoms with Gasteiger partial charge in [0.1, 0.15) is 16.5 Å². The van der Waals surface area contributed by atoms with Crippen LogP contribution in [0, 0.1) is 0 Å². The maximum absolute atomic E-state index is 5.42. The van der Waals surface area contributed by atoms with Gasteiger partial charge in [0.05, 0.1) is 25.5 Å². The van der Waals surface area contributed by atoms with Crippen LogP contribution in [-0.4, -0.2) is 25.2 Å². The Morgan fingerprint density at radius 2 is 2.05 bits per heavy atom. The number of methoxy groups -OCH3 is 2. The molecule has 0 unspecified atom stereocenters. The molecule has 4 nitrogen and oxygen atoms in total. The van der Waals surface area contributed by atoms with Gasteiger partial charge in [-0.15, -0.1) is 11.3 Å².